The van der Waals surface area contributed by atoms with Gasteiger partial charge in [-0.1, -0.05) is 13.3 Å². The molecule has 0 aliphatic heterocycles. The van der Waals surface area contributed by atoms with Crippen molar-refractivity contribution < 1.29 is 0 Å². The normalized spacial score (nSPS) is 31.7. The quantitative estimate of drug-likeness (QED) is 0.821. The van der Waals surface area contributed by atoms with Gasteiger partial charge in [0.15, 0.2) is 0 Å². The molecule has 1 fully saturated rings. The molecule has 4 nitrogen and oxygen atoms in total. The van der Waals surface area contributed by atoms with Crippen LogP contribution in [0.5, 0.6) is 0 Å². The van der Waals surface area contributed by atoms with E-state index in [1.807, 2.05) is 11.0 Å². The highest BCUT2D eigenvalue weighted by atomic mass is 15.3. The summed E-state index contributed by atoms with van der Waals surface area (Å²) in [6, 6.07) is 0.469. The number of hydrogen-bond acceptors (Lipinski definition) is 3. The van der Waals surface area contributed by atoms with E-state index in [9.17, 15) is 0 Å². The summed E-state index contributed by atoms with van der Waals surface area (Å²) >= 11 is 0. The van der Waals surface area contributed by atoms with Crippen LogP contribution in [0.3, 0.4) is 0 Å². The van der Waals surface area contributed by atoms with Crippen LogP contribution in [0.1, 0.15) is 38.6 Å². The smallest absolute Gasteiger partial charge is 0.137 e. The predicted molar refractivity (Wildman–Crippen MR) is 59.2 cm³/mol. The lowest BCUT2D eigenvalue weighted by Gasteiger charge is -2.35. The van der Waals surface area contributed by atoms with Crippen molar-refractivity contribution in [2.75, 3.05) is 6.54 Å². The molecule has 1 aliphatic carbocycles. The molecule has 2 N–H and O–H groups in total. The fraction of sp³-hybridized carbons (Fsp3) is 0.818. The van der Waals surface area contributed by atoms with Gasteiger partial charge in [0.1, 0.15) is 12.7 Å². The molecular formula is C11H20N4. The van der Waals surface area contributed by atoms with Crippen molar-refractivity contribution in [2.45, 2.75) is 38.6 Å². The number of nitrogens with two attached hydrogens (primary N) is 1. The molecule has 0 bridgehead atoms. The monoisotopic (exact) mass is 208 g/mol. The molecule has 0 spiro atoms. The summed E-state index contributed by atoms with van der Waals surface area (Å²) in [5, 5.41) is 4.26. The third-order valence-electron chi connectivity index (χ3n) is 3.72. The molecule has 1 heterocycles. The topological polar surface area (TPSA) is 56.7 Å². The van der Waals surface area contributed by atoms with Gasteiger partial charge in [-0.2, -0.15) is 5.10 Å². The molecule has 4 heteroatoms. The minimum absolute atomic E-state index is 0.469. The maximum atomic E-state index is 5.83. The van der Waals surface area contributed by atoms with Gasteiger partial charge in [0, 0.05) is 0 Å². The summed E-state index contributed by atoms with van der Waals surface area (Å²) < 4.78 is 2.00. The summed E-state index contributed by atoms with van der Waals surface area (Å²) in [4.78, 5) is 4.03. The van der Waals surface area contributed by atoms with Gasteiger partial charge in [-0.15, -0.1) is 0 Å². The first-order chi connectivity index (χ1) is 7.35. The standard InChI is InChI=1S/C11H20N4/c1-2-9-3-4-10(6-12)11(5-9)15-8-13-7-14-15/h7-11H,2-6,12H2,1H3. The summed E-state index contributed by atoms with van der Waals surface area (Å²) in [5.74, 6) is 1.41. The Hall–Kier alpha value is -0.900. The van der Waals surface area contributed by atoms with Crippen molar-refractivity contribution in [3.8, 4) is 0 Å². The zero-order chi connectivity index (χ0) is 10.7. The third kappa shape index (κ3) is 2.20. The van der Waals surface area contributed by atoms with Gasteiger partial charge in [-0.25, -0.2) is 9.67 Å². The molecule has 2 rings (SSSR count). The maximum Gasteiger partial charge on any atom is 0.137 e. The van der Waals surface area contributed by atoms with Crippen molar-refractivity contribution >= 4 is 0 Å². The van der Waals surface area contributed by atoms with Gasteiger partial charge in [-0.05, 0) is 37.6 Å². The third-order valence-corrected chi connectivity index (χ3v) is 3.72. The molecule has 15 heavy (non-hydrogen) atoms. The van der Waals surface area contributed by atoms with Crippen LogP contribution >= 0.6 is 0 Å². The number of aromatic nitrogens is 3. The summed E-state index contributed by atoms with van der Waals surface area (Å²) in [7, 11) is 0. The summed E-state index contributed by atoms with van der Waals surface area (Å²) in [6.07, 6.45) is 8.47. The summed E-state index contributed by atoms with van der Waals surface area (Å²) in [5.41, 5.74) is 5.83. The van der Waals surface area contributed by atoms with Crippen molar-refractivity contribution in [1.29, 1.82) is 0 Å². The molecule has 0 aromatic carbocycles. The van der Waals surface area contributed by atoms with E-state index in [0.29, 0.717) is 12.0 Å². The van der Waals surface area contributed by atoms with Crippen LogP contribution < -0.4 is 5.73 Å². The van der Waals surface area contributed by atoms with E-state index in [2.05, 4.69) is 17.0 Å². The fourth-order valence-corrected chi connectivity index (χ4v) is 2.65. The minimum atomic E-state index is 0.469. The van der Waals surface area contributed by atoms with E-state index >= 15 is 0 Å². The van der Waals surface area contributed by atoms with Gasteiger partial charge in [0.2, 0.25) is 0 Å². The molecule has 0 radical (unpaired) electrons. The van der Waals surface area contributed by atoms with Crippen LogP contribution in [-0.4, -0.2) is 21.3 Å². The van der Waals surface area contributed by atoms with Gasteiger partial charge >= 0.3 is 0 Å². The van der Waals surface area contributed by atoms with Crippen LogP contribution in [-0.2, 0) is 0 Å². The average Bonchev–Trinajstić information content (AvgIpc) is 2.81. The van der Waals surface area contributed by atoms with Crippen LogP contribution in [0.25, 0.3) is 0 Å². The van der Waals surface area contributed by atoms with Crippen LogP contribution in [0.4, 0.5) is 0 Å². The van der Waals surface area contributed by atoms with E-state index in [4.69, 9.17) is 5.73 Å². The Morgan fingerprint density at radius 1 is 1.47 bits per heavy atom. The lowest BCUT2D eigenvalue weighted by atomic mass is 9.77. The van der Waals surface area contributed by atoms with Crippen molar-refractivity contribution in [1.82, 2.24) is 14.8 Å². The molecule has 0 saturated heterocycles. The van der Waals surface area contributed by atoms with E-state index in [0.717, 1.165) is 12.5 Å². The second-order valence-electron chi connectivity index (χ2n) is 4.53. The zero-order valence-corrected chi connectivity index (χ0v) is 9.34. The first kappa shape index (κ1) is 10.6. The molecule has 3 unspecified atom stereocenters. The predicted octanol–water partition coefficient (Wildman–Crippen LogP) is 1.60. The second-order valence-corrected chi connectivity index (χ2v) is 4.53. The van der Waals surface area contributed by atoms with Gasteiger partial charge < -0.3 is 5.73 Å². The van der Waals surface area contributed by atoms with E-state index in [-0.39, 0.29) is 0 Å². The Morgan fingerprint density at radius 3 is 2.93 bits per heavy atom. The summed E-state index contributed by atoms with van der Waals surface area (Å²) in [6.45, 7) is 3.03. The highest BCUT2D eigenvalue weighted by Gasteiger charge is 2.30. The number of rotatable bonds is 3. The number of nitrogens with zero attached hydrogens (tertiary/aromatic N) is 3. The van der Waals surface area contributed by atoms with E-state index in [1.165, 1.54) is 25.7 Å². The van der Waals surface area contributed by atoms with Crippen molar-refractivity contribution in [2.24, 2.45) is 17.6 Å². The van der Waals surface area contributed by atoms with Crippen LogP contribution in [0.2, 0.25) is 0 Å². The molecule has 3 atom stereocenters. The first-order valence-corrected chi connectivity index (χ1v) is 5.89. The lowest BCUT2D eigenvalue weighted by Crippen LogP contribution is -2.32. The molecule has 84 valence electrons. The molecule has 1 aromatic heterocycles. The Labute approximate surface area is 90.9 Å². The van der Waals surface area contributed by atoms with E-state index in [1.54, 1.807) is 6.33 Å². The Morgan fingerprint density at radius 2 is 2.33 bits per heavy atom. The van der Waals surface area contributed by atoms with Crippen LogP contribution in [0.15, 0.2) is 12.7 Å². The molecule has 1 aromatic rings. The molecule has 0 amide bonds. The van der Waals surface area contributed by atoms with Crippen LogP contribution in [0, 0.1) is 11.8 Å². The number of hydrogen-bond donors (Lipinski definition) is 1. The average molecular weight is 208 g/mol. The minimum Gasteiger partial charge on any atom is -0.330 e. The van der Waals surface area contributed by atoms with Gasteiger partial charge in [-0.3, -0.25) is 0 Å². The van der Waals surface area contributed by atoms with Gasteiger partial charge in [0.25, 0.3) is 0 Å². The zero-order valence-electron chi connectivity index (χ0n) is 9.34. The highest BCUT2D eigenvalue weighted by Crippen LogP contribution is 2.37. The van der Waals surface area contributed by atoms with E-state index < -0.39 is 0 Å². The largest absolute Gasteiger partial charge is 0.330 e. The van der Waals surface area contributed by atoms with Gasteiger partial charge in [0.05, 0.1) is 6.04 Å². The van der Waals surface area contributed by atoms with Crippen molar-refractivity contribution in [3.05, 3.63) is 12.7 Å². The lowest BCUT2D eigenvalue weighted by molar-refractivity contribution is 0.173. The maximum absolute atomic E-state index is 5.83. The first-order valence-electron chi connectivity index (χ1n) is 5.89. The van der Waals surface area contributed by atoms with Crippen molar-refractivity contribution in [3.63, 3.8) is 0 Å². The molecule has 1 aliphatic rings. The fourth-order valence-electron chi connectivity index (χ4n) is 2.65. The Kier molecular flexibility index (Phi) is 3.36. The highest BCUT2D eigenvalue weighted by molar-refractivity contribution is 4.84. The Bertz CT molecular complexity index is 283. The molecular weight excluding hydrogens is 188 g/mol. The Balaban J connectivity index is 2.10. The molecule has 1 saturated carbocycles. The second kappa shape index (κ2) is 4.75. The SMILES string of the molecule is CCC1CCC(CN)C(n2cncn2)C1.